The monoisotopic (exact) mass is 258 g/mol. The summed E-state index contributed by atoms with van der Waals surface area (Å²) in [4.78, 5) is 0. The first-order valence-electron chi connectivity index (χ1n) is 5.80. The van der Waals surface area contributed by atoms with Gasteiger partial charge in [-0.15, -0.1) is 0 Å². The van der Waals surface area contributed by atoms with Gasteiger partial charge >= 0.3 is 0 Å². The van der Waals surface area contributed by atoms with Crippen LogP contribution in [-0.4, -0.2) is 0 Å². The Balaban J connectivity index is 2.16. The number of rotatable bonds is 4. The lowest BCUT2D eigenvalue weighted by Crippen LogP contribution is -2.04. The third-order valence-corrected chi connectivity index (χ3v) is 2.95. The summed E-state index contributed by atoms with van der Waals surface area (Å²) in [5.74, 6) is 0.834. The van der Waals surface area contributed by atoms with E-state index in [1.807, 2.05) is 55.5 Å². The van der Waals surface area contributed by atoms with Gasteiger partial charge in [0.1, 0.15) is 11.9 Å². The average Bonchev–Trinajstić information content (AvgIpc) is 2.39. The zero-order valence-corrected chi connectivity index (χ0v) is 11.0. The third kappa shape index (κ3) is 3.14. The topological polar surface area (TPSA) is 9.23 Å². The molecule has 2 rings (SSSR count). The summed E-state index contributed by atoms with van der Waals surface area (Å²) in [6, 6.07) is 15.6. The Bertz CT molecular complexity index is 514. The summed E-state index contributed by atoms with van der Waals surface area (Å²) in [6.45, 7) is 5.87. The lowest BCUT2D eigenvalue weighted by Gasteiger charge is -2.16. The maximum atomic E-state index is 5.88. The summed E-state index contributed by atoms with van der Waals surface area (Å²) in [6.07, 6.45) is 1.62. The molecule has 1 atom stereocenters. The fourth-order valence-corrected chi connectivity index (χ4v) is 1.79. The van der Waals surface area contributed by atoms with Crippen LogP contribution in [0.1, 0.15) is 17.2 Å². The molecule has 2 aromatic rings. The molecule has 0 aromatic heterocycles. The smallest absolute Gasteiger partial charge is 0.142 e. The van der Waals surface area contributed by atoms with Crippen LogP contribution >= 0.6 is 11.6 Å². The van der Waals surface area contributed by atoms with Crippen LogP contribution in [-0.2, 0) is 0 Å². The van der Waals surface area contributed by atoms with Crippen LogP contribution in [0.3, 0.4) is 0 Å². The second-order valence-electron chi connectivity index (χ2n) is 4.14. The largest absolute Gasteiger partial charge is 0.482 e. The van der Waals surface area contributed by atoms with Crippen molar-refractivity contribution >= 4 is 11.6 Å². The summed E-state index contributed by atoms with van der Waals surface area (Å²) < 4.78 is 5.88. The average molecular weight is 259 g/mol. The minimum absolute atomic E-state index is 0.162. The van der Waals surface area contributed by atoms with Gasteiger partial charge < -0.3 is 4.74 Å². The molecule has 1 unspecified atom stereocenters. The van der Waals surface area contributed by atoms with Crippen molar-refractivity contribution in [1.82, 2.24) is 0 Å². The van der Waals surface area contributed by atoms with E-state index in [1.54, 1.807) is 6.08 Å². The van der Waals surface area contributed by atoms with Gasteiger partial charge in [-0.25, -0.2) is 0 Å². The van der Waals surface area contributed by atoms with Gasteiger partial charge in [0.25, 0.3) is 0 Å². The quantitative estimate of drug-likeness (QED) is 0.705. The Labute approximate surface area is 113 Å². The highest BCUT2D eigenvalue weighted by Gasteiger charge is 2.08. The fraction of sp³-hybridized carbons (Fsp3) is 0.125. The van der Waals surface area contributed by atoms with E-state index in [2.05, 4.69) is 6.58 Å². The van der Waals surface area contributed by atoms with Crippen molar-refractivity contribution in [3.63, 3.8) is 0 Å². The van der Waals surface area contributed by atoms with Gasteiger partial charge in [0, 0.05) is 5.02 Å². The van der Waals surface area contributed by atoms with Gasteiger partial charge in [-0.3, -0.25) is 0 Å². The van der Waals surface area contributed by atoms with Crippen molar-refractivity contribution in [2.75, 3.05) is 0 Å². The van der Waals surface area contributed by atoms with E-state index < -0.39 is 0 Å². The van der Waals surface area contributed by atoms with Crippen molar-refractivity contribution in [2.24, 2.45) is 0 Å². The SMILES string of the molecule is C=CC(Oc1ccc(C)cc1)c1ccc(Cl)cc1. The van der Waals surface area contributed by atoms with Crippen LogP contribution in [0.2, 0.25) is 5.02 Å². The number of hydrogen-bond acceptors (Lipinski definition) is 1. The van der Waals surface area contributed by atoms with Gasteiger partial charge in [-0.2, -0.15) is 0 Å². The van der Waals surface area contributed by atoms with E-state index in [9.17, 15) is 0 Å². The van der Waals surface area contributed by atoms with E-state index in [4.69, 9.17) is 16.3 Å². The van der Waals surface area contributed by atoms with E-state index >= 15 is 0 Å². The first-order valence-corrected chi connectivity index (χ1v) is 6.18. The molecular formula is C16H15ClO. The molecule has 0 fully saturated rings. The maximum Gasteiger partial charge on any atom is 0.142 e. The van der Waals surface area contributed by atoms with Crippen molar-refractivity contribution in [2.45, 2.75) is 13.0 Å². The molecule has 0 aliphatic carbocycles. The minimum Gasteiger partial charge on any atom is -0.482 e. The van der Waals surface area contributed by atoms with Gasteiger partial charge in [0.15, 0.2) is 0 Å². The molecule has 0 saturated heterocycles. The first kappa shape index (κ1) is 12.7. The Morgan fingerprint density at radius 3 is 2.22 bits per heavy atom. The lowest BCUT2D eigenvalue weighted by atomic mass is 10.1. The van der Waals surface area contributed by atoms with Crippen molar-refractivity contribution < 1.29 is 4.74 Å². The van der Waals surface area contributed by atoms with E-state index in [1.165, 1.54) is 5.56 Å². The number of halogens is 1. The van der Waals surface area contributed by atoms with Crippen molar-refractivity contribution in [1.29, 1.82) is 0 Å². The molecule has 0 spiro atoms. The van der Waals surface area contributed by atoms with Gasteiger partial charge in [0.05, 0.1) is 0 Å². The fourth-order valence-electron chi connectivity index (χ4n) is 1.67. The molecule has 0 aliphatic rings. The summed E-state index contributed by atoms with van der Waals surface area (Å²) >= 11 is 5.87. The lowest BCUT2D eigenvalue weighted by molar-refractivity contribution is 0.256. The van der Waals surface area contributed by atoms with Crippen LogP contribution in [0.4, 0.5) is 0 Å². The van der Waals surface area contributed by atoms with Gasteiger partial charge in [0.2, 0.25) is 0 Å². The second-order valence-corrected chi connectivity index (χ2v) is 4.58. The molecule has 1 nitrogen and oxygen atoms in total. The zero-order valence-electron chi connectivity index (χ0n) is 10.3. The van der Waals surface area contributed by atoms with Gasteiger partial charge in [-0.1, -0.05) is 48.0 Å². The highest BCUT2D eigenvalue weighted by molar-refractivity contribution is 6.30. The molecule has 18 heavy (non-hydrogen) atoms. The number of benzene rings is 2. The molecule has 0 saturated carbocycles. The van der Waals surface area contributed by atoms with E-state index in [-0.39, 0.29) is 6.10 Å². The van der Waals surface area contributed by atoms with E-state index in [0.29, 0.717) is 0 Å². The van der Waals surface area contributed by atoms with Crippen molar-refractivity contribution in [3.8, 4) is 5.75 Å². The Kier molecular flexibility index (Phi) is 4.06. The molecule has 0 heterocycles. The highest BCUT2D eigenvalue weighted by Crippen LogP contribution is 2.24. The van der Waals surface area contributed by atoms with Crippen LogP contribution in [0.15, 0.2) is 61.2 Å². The first-order chi connectivity index (χ1) is 8.69. The molecule has 0 aliphatic heterocycles. The summed E-state index contributed by atoms with van der Waals surface area (Å²) in [7, 11) is 0. The molecule has 0 bridgehead atoms. The predicted octanol–water partition coefficient (Wildman–Crippen LogP) is 4.95. The molecule has 0 N–H and O–H groups in total. The number of hydrogen-bond donors (Lipinski definition) is 0. The molecule has 0 amide bonds. The predicted molar refractivity (Wildman–Crippen MR) is 76.2 cm³/mol. The molecule has 0 radical (unpaired) electrons. The number of aryl methyl sites for hydroxylation is 1. The Morgan fingerprint density at radius 1 is 1.06 bits per heavy atom. The van der Waals surface area contributed by atoms with Crippen LogP contribution < -0.4 is 4.74 Å². The molecule has 2 aromatic carbocycles. The minimum atomic E-state index is -0.162. The van der Waals surface area contributed by atoms with Crippen LogP contribution in [0.5, 0.6) is 5.75 Å². The molecular weight excluding hydrogens is 244 g/mol. The number of ether oxygens (including phenoxy) is 1. The van der Waals surface area contributed by atoms with Crippen LogP contribution in [0.25, 0.3) is 0 Å². The molecule has 2 heteroatoms. The van der Waals surface area contributed by atoms with Gasteiger partial charge in [-0.05, 0) is 42.8 Å². The van der Waals surface area contributed by atoms with Crippen molar-refractivity contribution in [3.05, 3.63) is 77.3 Å². The maximum absolute atomic E-state index is 5.88. The summed E-state index contributed by atoms with van der Waals surface area (Å²) in [5.41, 5.74) is 2.25. The standard InChI is InChI=1S/C16H15ClO/c1-3-16(13-6-8-14(17)9-7-13)18-15-10-4-12(2)5-11-15/h3-11,16H,1H2,2H3. The Morgan fingerprint density at radius 2 is 1.67 bits per heavy atom. The van der Waals surface area contributed by atoms with Crippen LogP contribution in [0, 0.1) is 6.92 Å². The third-order valence-electron chi connectivity index (χ3n) is 2.70. The van der Waals surface area contributed by atoms with E-state index in [0.717, 1.165) is 16.3 Å². The Hall–Kier alpha value is -1.73. The normalized spacial score (nSPS) is 11.9. The second kappa shape index (κ2) is 5.74. The highest BCUT2D eigenvalue weighted by atomic mass is 35.5. The summed E-state index contributed by atoms with van der Waals surface area (Å²) in [5, 5.41) is 0.719. The molecule has 92 valence electrons. The zero-order chi connectivity index (χ0) is 13.0.